The van der Waals surface area contributed by atoms with E-state index < -0.39 is 0 Å². The predicted octanol–water partition coefficient (Wildman–Crippen LogP) is 12.0. The van der Waals surface area contributed by atoms with Crippen LogP contribution in [0.2, 0.25) is 0 Å². The molecule has 0 aliphatic rings. The lowest BCUT2D eigenvalue weighted by atomic mass is 9.91. The van der Waals surface area contributed by atoms with Gasteiger partial charge in [0, 0.05) is 22.2 Å². The standard InChI is InChI=1S/C46H29N3/c1-3-14-30(15-4-1)45-47-44(43-40-24-11-12-25-42(40)49(46(43)48-45)34-18-5-2-6-19-34)33-17-13-16-31(28-33)32-26-27-39-37-22-8-7-20-35(37)36-21-9-10-23-38(36)41(39)29-32/h1-29H. The Bertz CT molecular complexity index is 2830. The molecule has 0 aliphatic heterocycles. The van der Waals surface area contributed by atoms with E-state index in [0.717, 1.165) is 50.0 Å². The van der Waals surface area contributed by atoms with Crippen LogP contribution in [0.25, 0.3) is 93.7 Å². The van der Waals surface area contributed by atoms with Gasteiger partial charge >= 0.3 is 0 Å². The van der Waals surface area contributed by atoms with Crippen molar-refractivity contribution < 1.29 is 0 Å². The van der Waals surface area contributed by atoms with Gasteiger partial charge in [0.1, 0.15) is 5.65 Å². The van der Waals surface area contributed by atoms with Crippen molar-refractivity contribution in [1.82, 2.24) is 14.5 Å². The van der Waals surface area contributed by atoms with Crippen LogP contribution in [-0.4, -0.2) is 14.5 Å². The third-order valence-electron chi connectivity index (χ3n) is 9.78. The van der Waals surface area contributed by atoms with Crippen molar-refractivity contribution in [2.45, 2.75) is 0 Å². The lowest BCUT2D eigenvalue weighted by Crippen LogP contribution is -1.99. The topological polar surface area (TPSA) is 30.7 Å². The largest absolute Gasteiger partial charge is 0.294 e. The Hall–Kier alpha value is -6.58. The molecule has 0 bridgehead atoms. The van der Waals surface area contributed by atoms with Crippen molar-refractivity contribution in [3.8, 4) is 39.5 Å². The average molecular weight is 624 g/mol. The molecular formula is C46H29N3. The van der Waals surface area contributed by atoms with Crippen molar-refractivity contribution in [3.63, 3.8) is 0 Å². The molecule has 10 aromatic rings. The molecule has 0 amide bonds. The van der Waals surface area contributed by atoms with Crippen LogP contribution in [0.5, 0.6) is 0 Å². The van der Waals surface area contributed by atoms with Crippen molar-refractivity contribution in [2.24, 2.45) is 0 Å². The number of para-hydroxylation sites is 2. The monoisotopic (exact) mass is 623 g/mol. The Kier molecular flexibility index (Phi) is 6.18. The van der Waals surface area contributed by atoms with Gasteiger partial charge in [0.25, 0.3) is 0 Å². The number of hydrogen-bond donors (Lipinski definition) is 0. The van der Waals surface area contributed by atoms with Gasteiger partial charge in [-0.15, -0.1) is 0 Å². The van der Waals surface area contributed by atoms with Crippen LogP contribution in [0.15, 0.2) is 176 Å². The molecule has 2 aromatic heterocycles. The summed E-state index contributed by atoms with van der Waals surface area (Å²) in [5.74, 6) is 0.706. The van der Waals surface area contributed by atoms with E-state index in [4.69, 9.17) is 9.97 Å². The minimum atomic E-state index is 0.706. The summed E-state index contributed by atoms with van der Waals surface area (Å²) in [6.07, 6.45) is 0. The second-order valence-electron chi connectivity index (χ2n) is 12.6. The van der Waals surface area contributed by atoms with Crippen molar-refractivity contribution in [2.75, 3.05) is 0 Å². The molecule has 0 radical (unpaired) electrons. The number of rotatable bonds is 4. The van der Waals surface area contributed by atoms with Gasteiger partial charge in [0.05, 0.1) is 16.6 Å². The Balaban J connectivity index is 1.23. The fourth-order valence-electron chi connectivity index (χ4n) is 7.55. The zero-order valence-electron chi connectivity index (χ0n) is 26.6. The Morgan fingerprint density at radius 3 is 1.59 bits per heavy atom. The normalized spacial score (nSPS) is 11.7. The third kappa shape index (κ3) is 4.37. The van der Waals surface area contributed by atoms with Gasteiger partial charge in [-0.3, -0.25) is 4.57 Å². The summed E-state index contributed by atoms with van der Waals surface area (Å²) in [6, 6.07) is 62.6. The fraction of sp³-hybridized carbons (Fsp3) is 0. The maximum absolute atomic E-state index is 5.33. The SMILES string of the molecule is c1ccc(-c2nc(-c3cccc(-c4ccc5c6ccccc6c6ccccc6c5c4)c3)c3c4ccccc4n(-c4ccccc4)c3n2)cc1. The number of hydrogen-bond acceptors (Lipinski definition) is 2. The van der Waals surface area contributed by atoms with E-state index in [2.05, 4.69) is 162 Å². The summed E-state index contributed by atoms with van der Waals surface area (Å²) in [6.45, 7) is 0. The molecule has 0 aliphatic carbocycles. The van der Waals surface area contributed by atoms with Crippen molar-refractivity contribution in [1.29, 1.82) is 0 Å². The lowest BCUT2D eigenvalue weighted by molar-refractivity contribution is 1.11. The zero-order chi connectivity index (χ0) is 32.3. The number of nitrogens with zero attached hydrogens (tertiary/aromatic N) is 3. The molecule has 8 aromatic carbocycles. The molecule has 0 N–H and O–H groups in total. The molecule has 0 unspecified atom stereocenters. The van der Waals surface area contributed by atoms with Crippen LogP contribution >= 0.6 is 0 Å². The van der Waals surface area contributed by atoms with Gasteiger partial charge in [-0.1, -0.05) is 146 Å². The summed E-state index contributed by atoms with van der Waals surface area (Å²) in [7, 11) is 0. The molecule has 2 heterocycles. The molecule has 0 fully saturated rings. The van der Waals surface area contributed by atoms with E-state index in [9.17, 15) is 0 Å². The maximum Gasteiger partial charge on any atom is 0.162 e. The highest BCUT2D eigenvalue weighted by Crippen LogP contribution is 2.40. The fourth-order valence-corrected chi connectivity index (χ4v) is 7.55. The second-order valence-corrected chi connectivity index (χ2v) is 12.6. The van der Waals surface area contributed by atoms with E-state index in [1.54, 1.807) is 0 Å². The molecule has 49 heavy (non-hydrogen) atoms. The molecule has 3 heteroatoms. The van der Waals surface area contributed by atoms with Crippen LogP contribution in [0, 0.1) is 0 Å². The van der Waals surface area contributed by atoms with Crippen LogP contribution in [-0.2, 0) is 0 Å². The first-order valence-electron chi connectivity index (χ1n) is 16.7. The van der Waals surface area contributed by atoms with Gasteiger partial charge in [0.2, 0.25) is 0 Å². The van der Waals surface area contributed by atoms with Crippen LogP contribution < -0.4 is 0 Å². The van der Waals surface area contributed by atoms with Crippen molar-refractivity contribution >= 4 is 54.3 Å². The summed E-state index contributed by atoms with van der Waals surface area (Å²) in [4.78, 5) is 10.6. The van der Waals surface area contributed by atoms with E-state index in [1.807, 2.05) is 18.2 Å². The Morgan fingerprint density at radius 1 is 0.347 bits per heavy atom. The first-order chi connectivity index (χ1) is 24.3. The average Bonchev–Trinajstić information content (AvgIpc) is 3.52. The minimum Gasteiger partial charge on any atom is -0.294 e. The first kappa shape index (κ1) is 27.5. The number of benzene rings is 8. The third-order valence-corrected chi connectivity index (χ3v) is 9.78. The molecule has 0 atom stereocenters. The molecule has 10 rings (SSSR count). The highest BCUT2D eigenvalue weighted by atomic mass is 15.1. The smallest absolute Gasteiger partial charge is 0.162 e. The van der Waals surface area contributed by atoms with E-state index in [1.165, 1.54) is 37.9 Å². The lowest BCUT2D eigenvalue weighted by Gasteiger charge is -2.13. The van der Waals surface area contributed by atoms with Crippen molar-refractivity contribution in [3.05, 3.63) is 176 Å². The molecule has 0 saturated heterocycles. The molecule has 228 valence electrons. The van der Waals surface area contributed by atoms with E-state index in [0.29, 0.717) is 5.82 Å². The summed E-state index contributed by atoms with van der Waals surface area (Å²) in [5, 5.41) is 9.83. The highest BCUT2D eigenvalue weighted by Gasteiger charge is 2.21. The summed E-state index contributed by atoms with van der Waals surface area (Å²) in [5.41, 5.74) is 8.36. The highest BCUT2D eigenvalue weighted by molar-refractivity contribution is 6.25. The summed E-state index contributed by atoms with van der Waals surface area (Å²) >= 11 is 0. The maximum atomic E-state index is 5.33. The van der Waals surface area contributed by atoms with Crippen LogP contribution in [0.4, 0.5) is 0 Å². The van der Waals surface area contributed by atoms with Gasteiger partial charge in [-0.2, -0.15) is 0 Å². The van der Waals surface area contributed by atoms with E-state index in [-0.39, 0.29) is 0 Å². The molecular weight excluding hydrogens is 595 g/mol. The quantitative estimate of drug-likeness (QED) is 0.183. The second kappa shape index (κ2) is 11.0. The predicted molar refractivity (Wildman–Crippen MR) is 205 cm³/mol. The van der Waals surface area contributed by atoms with Crippen LogP contribution in [0.1, 0.15) is 0 Å². The minimum absolute atomic E-state index is 0.706. The number of fused-ring (bicyclic) bond motifs is 9. The van der Waals surface area contributed by atoms with Gasteiger partial charge < -0.3 is 0 Å². The zero-order valence-corrected chi connectivity index (χ0v) is 26.6. The molecule has 3 nitrogen and oxygen atoms in total. The van der Waals surface area contributed by atoms with E-state index >= 15 is 0 Å². The van der Waals surface area contributed by atoms with Gasteiger partial charge in [0.15, 0.2) is 5.82 Å². The number of aromatic nitrogens is 3. The molecule has 0 saturated carbocycles. The Labute approximate surface area is 283 Å². The van der Waals surface area contributed by atoms with Gasteiger partial charge in [-0.05, 0) is 73.8 Å². The van der Waals surface area contributed by atoms with Crippen LogP contribution in [0.3, 0.4) is 0 Å². The Morgan fingerprint density at radius 2 is 0.878 bits per heavy atom. The summed E-state index contributed by atoms with van der Waals surface area (Å²) < 4.78 is 2.27. The first-order valence-corrected chi connectivity index (χ1v) is 16.7. The van der Waals surface area contributed by atoms with Gasteiger partial charge in [-0.25, -0.2) is 9.97 Å². The molecule has 0 spiro atoms.